The van der Waals surface area contributed by atoms with Gasteiger partial charge >= 0.3 is 0 Å². The van der Waals surface area contributed by atoms with E-state index >= 15 is 0 Å². The standard InChI is InChI=1S/C23H26N4O2S/c1-3-12-24-21(28)15-30-23-25-18-9-5-7-11-20(18)26(23)14-22(29)27-16(2)13-17-8-4-6-10-19(17)27/h4-11,16H,3,12-15H2,1-2H3,(H,24,28). The van der Waals surface area contributed by atoms with Gasteiger partial charge in [0.15, 0.2) is 5.16 Å². The first-order valence-electron chi connectivity index (χ1n) is 10.3. The lowest BCUT2D eigenvalue weighted by molar-refractivity contribution is -0.119. The van der Waals surface area contributed by atoms with Gasteiger partial charge in [0.2, 0.25) is 11.8 Å². The van der Waals surface area contributed by atoms with E-state index in [4.69, 9.17) is 0 Å². The van der Waals surface area contributed by atoms with Gasteiger partial charge in [-0.1, -0.05) is 49.0 Å². The molecule has 1 N–H and O–H groups in total. The molecule has 1 aliphatic heterocycles. The molecule has 6 nitrogen and oxygen atoms in total. The minimum atomic E-state index is -0.0196. The Hall–Kier alpha value is -2.80. The van der Waals surface area contributed by atoms with Crippen LogP contribution >= 0.6 is 11.8 Å². The van der Waals surface area contributed by atoms with Crippen LogP contribution in [0.15, 0.2) is 53.7 Å². The Bertz CT molecular complexity index is 1080. The minimum absolute atomic E-state index is 0.0196. The summed E-state index contributed by atoms with van der Waals surface area (Å²) < 4.78 is 1.93. The van der Waals surface area contributed by atoms with E-state index < -0.39 is 0 Å². The van der Waals surface area contributed by atoms with Gasteiger partial charge in [0.05, 0.1) is 16.8 Å². The van der Waals surface area contributed by atoms with E-state index in [1.165, 1.54) is 17.3 Å². The van der Waals surface area contributed by atoms with Crippen LogP contribution in [-0.2, 0) is 22.6 Å². The molecule has 30 heavy (non-hydrogen) atoms. The zero-order chi connectivity index (χ0) is 21.1. The summed E-state index contributed by atoms with van der Waals surface area (Å²) >= 11 is 1.37. The molecule has 0 fully saturated rings. The van der Waals surface area contributed by atoms with E-state index in [-0.39, 0.29) is 30.2 Å². The molecule has 156 valence electrons. The Labute approximate surface area is 180 Å². The molecule has 0 bridgehead atoms. The lowest BCUT2D eigenvalue weighted by Crippen LogP contribution is -2.38. The monoisotopic (exact) mass is 422 g/mol. The topological polar surface area (TPSA) is 67.2 Å². The number of thioether (sulfide) groups is 1. The Morgan fingerprint density at radius 1 is 1.17 bits per heavy atom. The number of nitrogens with zero attached hydrogens (tertiary/aromatic N) is 3. The number of fused-ring (bicyclic) bond motifs is 2. The average molecular weight is 423 g/mol. The van der Waals surface area contributed by atoms with Crippen molar-refractivity contribution in [1.82, 2.24) is 14.9 Å². The van der Waals surface area contributed by atoms with Crippen LogP contribution < -0.4 is 10.2 Å². The number of anilines is 1. The van der Waals surface area contributed by atoms with Gasteiger partial charge in [0.25, 0.3) is 0 Å². The second kappa shape index (κ2) is 8.92. The number of para-hydroxylation sites is 3. The zero-order valence-electron chi connectivity index (χ0n) is 17.3. The van der Waals surface area contributed by atoms with Crippen LogP contribution in [0.25, 0.3) is 11.0 Å². The van der Waals surface area contributed by atoms with Crippen molar-refractivity contribution in [3.63, 3.8) is 0 Å². The third-order valence-corrected chi connectivity index (χ3v) is 6.27. The smallest absolute Gasteiger partial charge is 0.247 e. The van der Waals surface area contributed by atoms with Gasteiger partial charge < -0.3 is 14.8 Å². The lowest BCUT2D eigenvalue weighted by atomic mass is 10.1. The first kappa shape index (κ1) is 20.5. The van der Waals surface area contributed by atoms with Crippen molar-refractivity contribution in [3.8, 4) is 0 Å². The van der Waals surface area contributed by atoms with Gasteiger partial charge in [-0.3, -0.25) is 9.59 Å². The van der Waals surface area contributed by atoms with Gasteiger partial charge in [-0.15, -0.1) is 0 Å². The number of carbonyl (C=O) groups excluding carboxylic acids is 2. The molecule has 0 radical (unpaired) electrons. The molecule has 7 heteroatoms. The maximum absolute atomic E-state index is 13.4. The fourth-order valence-corrected chi connectivity index (χ4v) is 4.76. The van der Waals surface area contributed by atoms with E-state index in [1.807, 2.05) is 58.9 Å². The molecule has 1 aliphatic rings. The fourth-order valence-electron chi connectivity index (χ4n) is 3.92. The molecule has 2 heterocycles. The molecular formula is C23H26N4O2S. The Morgan fingerprint density at radius 3 is 2.77 bits per heavy atom. The van der Waals surface area contributed by atoms with E-state index in [2.05, 4.69) is 23.3 Å². The first-order chi connectivity index (χ1) is 14.6. The fraction of sp³-hybridized carbons (Fsp3) is 0.348. The molecule has 0 spiro atoms. The van der Waals surface area contributed by atoms with Crippen LogP contribution in [0.3, 0.4) is 0 Å². The van der Waals surface area contributed by atoms with Crippen molar-refractivity contribution in [1.29, 1.82) is 0 Å². The van der Waals surface area contributed by atoms with Gasteiger partial charge in [0, 0.05) is 18.3 Å². The largest absolute Gasteiger partial charge is 0.355 e. The summed E-state index contributed by atoms with van der Waals surface area (Å²) in [7, 11) is 0. The number of hydrogen-bond donors (Lipinski definition) is 1. The number of benzene rings is 2. The number of carbonyl (C=O) groups is 2. The van der Waals surface area contributed by atoms with Crippen molar-refractivity contribution >= 4 is 40.3 Å². The number of hydrogen-bond acceptors (Lipinski definition) is 4. The quantitative estimate of drug-likeness (QED) is 0.591. The van der Waals surface area contributed by atoms with Gasteiger partial charge in [-0.2, -0.15) is 0 Å². The van der Waals surface area contributed by atoms with Crippen LogP contribution in [0.5, 0.6) is 0 Å². The second-order valence-corrected chi connectivity index (χ2v) is 8.50. The Balaban J connectivity index is 1.59. The molecular weight excluding hydrogens is 396 g/mol. The van der Waals surface area contributed by atoms with Gasteiger partial charge in [-0.05, 0) is 43.5 Å². The molecule has 1 aromatic heterocycles. The summed E-state index contributed by atoms with van der Waals surface area (Å²) in [5, 5.41) is 3.58. The van der Waals surface area contributed by atoms with Crippen molar-refractivity contribution in [3.05, 3.63) is 54.1 Å². The van der Waals surface area contributed by atoms with Crippen LogP contribution in [0.2, 0.25) is 0 Å². The average Bonchev–Trinajstić information content (AvgIpc) is 3.27. The van der Waals surface area contributed by atoms with Crippen molar-refractivity contribution in [2.24, 2.45) is 0 Å². The maximum atomic E-state index is 13.4. The second-order valence-electron chi connectivity index (χ2n) is 7.55. The van der Waals surface area contributed by atoms with Gasteiger partial charge in [-0.25, -0.2) is 4.98 Å². The number of amides is 2. The zero-order valence-corrected chi connectivity index (χ0v) is 18.1. The first-order valence-corrected chi connectivity index (χ1v) is 11.3. The highest BCUT2D eigenvalue weighted by atomic mass is 32.2. The van der Waals surface area contributed by atoms with Crippen molar-refractivity contribution in [2.75, 3.05) is 17.2 Å². The highest BCUT2D eigenvalue weighted by Gasteiger charge is 2.31. The van der Waals surface area contributed by atoms with E-state index in [0.717, 1.165) is 29.6 Å². The summed E-state index contributed by atoms with van der Waals surface area (Å²) in [6, 6.07) is 16.0. The minimum Gasteiger partial charge on any atom is -0.355 e. The Morgan fingerprint density at radius 2 is 1.93 bits per heavy atom. The summed E-state index contributed by atoms with van der Waals surface area (Å²) in [5.41, 5.74) is 3.93. The normalized spacial score (nSPS) is 15.4. The predicted molar refractivity (Wildman–Crippen MR) is 121 cm³/mol. The molecule has 1 unspecified atom stereocenters. The maximum Gasteiger partial charge on any atom is 0.247 e. The Kier molecular flexibility index (Phi) is 6.08. The summed E-state index contributed by atoms with van der Waals surface area (Å²) in [6.45, 7) is 4.96. The molecule has 0 saturated carbocycles. The lowest BCUT2D eigenvalue weighted by Gasteiger charge is -2.23. The molecule has 4 rings (SSSR count). The van der Waals surface area contributed by atoms with Crippen LogP contribution in [0.1, 0.15) is 25.8 Å². The van der Waals surface area contributed by atoms with Crippen LogP contribution in [0, 0.1) is 0 Å². The number of nitrogens with one attached hydrogen (secondary N) is 1. The van der Waals surface area contributed by atoms with Crippen LogP contribution in [-0.4, -0.2) is 39.7 Å². The third kappa shape index (κ3) is 4.07. The molecule has 1 atom stereocenters. The highest BCUT2D eigenvalue weighted by Crippen LogP contribution is 2.33. The van der Waals surface area contributed by atoms with E-state index in [0.29, 0.717) is 11.7 Å². The number of rotatable bonds is 7. The molecule has 0 saturated heterocycles. The van der Waals surface area contributed by atoms with Gasteiger partial charge in [0.1, 0.15) is 6.54 Å². The highest BCUT2D eigenvalue weighted by molar-refractivity contribution is 7.99. The third-order valence-electron chi connectivity index (χ3n) is 5.29. The molecule has 3 aromatic rings. The number of aromatic nitrogens is 2. The predicted octanol–water partition coefficient (Wildman–Crippen LogP) is 3.63. The SMILES string of the molecule is CCCNC(=O)CSc1nc2ccccc2n1CC(=O)N1c2ccccc2CC1C. The van der Waals surface area contributed by atoms with Crippen molar-refractivity contribution in [2.45, 2.75) is 44.4 Å². The summed E-state index contributed by atoms with van der Waals surface area (Å²) in [5.74, 6) is 0.294. The summed E-state index contributed by atoms with van der Waals surface area (Å²) in [4.78, 5) is 32.0. The van der Waals surface area contributed by atoms with Crippen molar-refractivity contribution < 1.29 is 9.59 Å². The molecule has 0 aliphatic carbocycles. The molecule has 2 aromatic carbocycles. The van der Waals surface area contributed by atoms with E-state index in [1.54, 1.807) is 0 Å². The number of imidazole rings is 1. The summed E-state index contributed by atoms with van der Waals surface area (Å²) in [6.07, 6.45) is 1.77. The van der Waals surface area contributed by atoms with E-state index in [9.17, 15) is 9.59 Å². The molecule has 2 amide bonds. The van der Waals surface area contributed by atoms with Crippen LogP contribution in [0.4, 0.5) is 5.69 Å².